The van der Waals surface area contributed by atoms with Crippen LogP contribution >= 0.6 is 23.2 Å². The first kappa shape index (κ1) is 15.7. The molecule has 0 saturated carbocycles. The molecule has 0 heterocycles. The number of anilines is 2. The zero-order valence-corrected chi connectivity index (χ0v) is 13.7. The average Bonchev–Trinajstić information content (AvgIpc) is 2.56. The Bertz CT molecular complexity index is 865. The van der Waals surface area contributed by atoms with Crippen LogP contribution in [0.15, 0.2) is 60.7 Å². The van der Waals surface area contributed by atoms with Crippen molar-refractivity contribution in [3.8, 4) is 0 Å². The van der Waals surface area contributed by atoms with Crippen LogP contribution in [0.3, 0.4) is 0 Å². The lowest BCUT2D eigenvalue weighted by Crippen LogP contribution is -2.21. The van der Waals surface area contributed by atoms with Gasteiger partial charge in [0.25, 0.3) is 0 Å². The number of rotatable bonds is 4. The van der Waals surface area contributed by atoms with Gasteiger partial charge in [-0.1, -0.05) is 53.5 Å². The summed E-state index contributed by atoms with van der Waals surface area (Å²) in [6.07, 6.45) is 0. The Morgan fingerprint density at radius 2 is 1.70 bits per heavy atom. The van der Waals surface area contributed by atoms with E-state index in [2.05, 4.69) is 10.6 Å². The van der Waals surface area contributed by atoms with Gasteiger partial charge in [-0.15, -0.1) is 0 Å². The highest BCUT2D eigenvalue weighted by molar-refractivity contribution is 6.35. The number of carbonyl (C=O) groups is 1. The Morgan fingerprint density at radius 3 is 2.52 bits per heavy atom. The molecule has 3 nitrogen and oxygen atoms in total. The second-order valence-electron chi connectivity index (χ2n) is 5.09. The molecule has 0 spiro atoms. The van der Waals surface area contributed by atoms with Crippen molar-refractivity contribution in [2.75, 3.05) is 17.2 Å². The third kappa shape index (κ3) is 3.95. The van der Waals surface area contributed by atoms with E-state index in [0.717, 1.165) is 16.5 Å². The summed E-state index contributed by atoms with van der Waals surface area (Å²) in [5, 5.41) is 9.10. The maximum absolute atomic E-state index is 12.0. The first-order chi connectivity index (χ1) is 11.1. The molecule has 0 saturated heterocycles. The molecule has 5 heteroatoms. The van der Waals surface area contributed by atoms with E-state index in [0.29, 0.717) is 15.7 Å². The van der Waals surface area contributed by atoms with Crippen LogP contribution in [0.25, 0.3) is 10.8 Å². The zero-order chi connectivity index (χ0) is 16.2. The van der Waals surface area contributed by atoms with Crippen LogP contribution in [-0.4, -0.2) is 12.5 Å². The fraction of sp³-hybridized carbons (Fsp3) is 0.0556. The van der Waals surface area contributed by atoms with E-state index in [9.17, 15) is 4.79 Å². The predicted octanol–water partition coefficient (Wildman–Crippen LogP) is 5.20. The van der Waals surface area contributed by atoms with E-state index in [4.69, 9.17) is 23.2 Å². The van der Waals surface area contributed by atoms with Crippen LogP contribution in [-0.2, 0) is 4.79 Å². The maximum atomic E-state index is 12.0. The number of nitrogens with one attached hydrogen (secondary N) is 2. The van der Waals surface area contributed by atoms with Crippen molar-refractivity contribution < 1.29 is 4.79 Å². The summed E-state index contributed by atoms with van der Waals surface area (Å²) in [7, 11) is 0. The lowest BCUT2D eigenvalue weighted by Gasteiger charge is -2.10. The van der Waals surface area contributed by atoms with Crippen molar-refractivity contribution >= 4 is 51.3 Å². The quantitative estimate of drug-likeness (QED) is 0.683. The van der Waals surface area contributed by atoms with Crippen molar-refractivity contribution in [3.63, 3.8) is 0 Å². The highest BCUT2D eigenvalue weighted by Crippen LogP contribution is 2.25. The molecule has 3 aromatic carbocycles. The molecular weight excluding hydrogens is 331 g/mol. The minimum atomic E-state index is -0.192. The number of benzene rings is 3. The summed E-state index contributed by atoms with van der Waals surface area (Å²) in [5.41, 5.74) is 1.39. The van der Waals surface area contributed by atoms with Crippen molar-refractivity contribution in [3.05, 3.63) is 70.7 Å². The largest absolute Gasteiger partial charge is 0.376 e. The number of halogens is 2. The van der Waals surface area contributed by atoms with Crippen LogP contribution in [0.2, 0.25) is 10.0 Å². The van der Waals surface area contributed by atoms with E-state index < -0.39 is 0 Å². The molecule has 0 aliphatic heterocycles. The van der Waals surface area contributed by atoms with Crippen molar-refractivity contribution in [1.29, 1.82) is 0 Å². The second-order valence-corrected chi connectivity index (χ2v) is 5.93. The fourth-order valence-corrected chi connectivity index (χ4v) is 2.61. The van der Waals surface area contributed by atoms with Gasteiger partial charge < -0.3 is 10.6 Å². The number of hydrogen-bond donors (Lipinski definition) is 2. The lowest BCUT2D eigenvalue weighted by molar-refractivity contribution is -0.114. The molecule has 1 amide bonds. The monoisotopic (exact) mass is 344 g/mol. The average molecular weight is 345 g/mol. The molecule has 0 unspecified atom stereocenters. The normalized spacial score (nSPS) is 10.5. The topological polar surface area (TPSA) is 41.1 Å². The van der Waals surface area contributed by atoms with Crippen LogP contribution in [0.5, 0.6) is 0 Å². The van der Waals surface area contributed by atoms with Gasteiger partial charge in [0, 0.05) is 10.7 Å². The van der Waals surface area contributed by atoms with Crippen LogP contribution in [0, 0.1) is 0 Å². The molecule has 0 bridgehead atoms. The number of fused-ring (bicyclic) bond motifs is 1. The smallest absolute Gasteiger partial charge is 0.243 e. The molecule has 0 atom stereocenters. The standard InChI is InChI=1S/C18H14Cl2N2O/c19-14-6-8-16(20)17(10-14)22-18(23)11-21-15-7-5-12-3-1-2-4-13(12)9-15/h1-10,21H,11H2,(H,22,23). The Kier molecular flexibility index (Phi) is 4.70. The van der Waals surface area contributed by atoms with E-state index in [1.165, 1.54) is 0 Å². The molecule has 3 aromatic rings. The molecule has 116 valence electrons. The van der Waals surface area contributed by atoms with Crippen LogP contribution < -0.4 is 10.6 Å². The molecule has 3 rings (SSSR count). The van der Waals surface area contributed by atoms with Gasteiger partial charge in [0.1, 0.15) is 0 Å². The van der Waals surface area contributed by atoms with Crippen molar-refractivity contribution in [1.82, 2.24) is 0 Å². The Labute approximate surface area is 144 Å². The summed E-state index contributed by atoms with van der Waals surface area (Å²) in [4.78, 5) is 12.0. The van der Waals surface area contributed by atoms with Crippen molar-refractivity contribution in [2.24, 2.45) is 0 Å². The summed E-state index contributed by atoms with van der Waals surface area (Å²) in [5.74, 6) is -0.192. The zero-order valence-electron chi connectivity index (χ0n) is 12.1. The molecule has 0 aliphatic rings. The Morgan fingerprint density at radius 1 is 0.913 bits per heavy atom. The first-order valence-corrected chi connectivity index (χ1v) is 7.85. The molecular formula is C18H14Cl2N2O. The van der Waals surface area contributed by atoms with E-state index in [-0.39, 0.29) is 12.5 Å². The molecule has 0 aliphatic carbocycles. The van der Waals surface area contributed by atoms with Gasteiger partial charge in [0.15, 0.2) is 0 Å². The van der Waals surface area contributed by atoms with E-state index in [1.54, 1.807) is 18.2 Å². The van der Waals surface area contributed by atoms with Gasteiger partial charge in [0.2, 0.25) is 5.91 Å². The van der Waals surface area contributed by atoms with E-state index in [1.807, 2.05) is 42.5 Å². The third-order valence-corrected chi connectivity index (χ3v) is 3.97. The maximum Gasteiger partial charge on any atom is 0.243 e. The lowest BCUT2D eigenvalue weighted by atomic mass is 10.1. The summed E-state index contributed by atoms with van der Waals surface area (Å²) in [6.45, 7) is 0.140. The SMILES string of the molecule is O=C(CNc1ccc2ccccc2c1)Nc1cc(Cl)ccc1Cl. The predicted molar refractivity (Wildman–Crippen MR) is 97.5 cm³/mol. The minimum absolute atomic E-state index is 0.140. The van der Waals surface area contributed by atoms with Gasteiger partial charge in [-0.05, 0) is 41.1 Å². The van der Waals surface area contributed by atoms with Crippen LogP contribution in [0.4, 0.5) is 11.4 Å². The fourth-order valence-electron chi connectivity index (χ4n) is 2.27. The van der Waals surface area contributed by atoms with E-state index >= 15 is 0 Å². The second kappa shape index (κ2) is 6.90. The molecule has 0 fully saturated rings. The third-order valence-electron chi connectivity index (χ3n) is 3.41. The molecule has 0 aromatic heterocycles. The summed E-state index contributed by atoms with van der Waals surface area (Å²) < 4.78 is 0. The molecule has 23 heavy (non-hydrogen) atoms. The highest BCUT2D eigenvalue weighted by Gasteiger charge is 2.06. The minimum Gasteiger partial charge on any atom is -0.376 e. The van der Waals surface area contributed by atoms with Crippen LogP contribution in [0.1, 0.15) is 0 Å². The Balaban J connectivity index is 1.64. The highest BCUT2D eigenvalue weighted by atomic mass is 35.5. The molecule has 2 N–H and O–H groups in total. The number of amides is 1. The van der Waals surface area contributed by atoms with Gasteiger partial charge in [-0.25, -0.2) is 0 Å². The van der Waals surface area contributed by atoms with Gasteiger partial charge in [-0.2, -0.15) is 0 Å². The summed E-state index contributed by atoms with van der Waals surface area (Å²) in [6, 6.07) is 19.0. The first-order valence-electron chi connectivity index (χ1n) is 7.09. The van der Waals surface area contributed by atoms with Gasteiger partial charge in [-0.3, -0.25) is 4.79 Å². The number of hydrogen-bond acceptors (Lipinski definition) is 2. The van der Waals surface area contributed by atoms with Gasteiger partial charge in [0.05, 0.1) is 17.3 Å². The van der Waals surface area contributed by atoms with Gasteiger partial charge >= 0.3 is 0 Å². The number of carbonyl (C=O) groups excluding carboxylic acids is 1. The Hall–Kier alpha value is -2.23. The summed E-state index contributed by atoms with van der Waals surface area (Å²) >= 11 is 11.9. The molecule has 0 radical (unpaired) electrons. The van der Waals surface area contributed by atoms with Crippen molar-refractivity contribution in [2.45, 2.75) is 0 Å².